The zero-order valence-corrected chi connectivity index (χ0v) is 8.81. The maximum absolute atomic E-state index is 5.33. The monoisotopic (exact) mass is 205 g/mol. The molecule has 1 aromatic heterocycles. The summed E-state index contributed by atoms with van der Waals surface area (Å²) in [6.07, 6.45) is 7.47. The molecule has 15 heavy (non-hydrogen) atoms. The second kappa shape index (κ2) is 4.89. The Hall–Kier alpha value is -1.42. The first kappa shape index (κ1) is 10.1. The molecule has 1 aliphatic rings. The Kier molecular flexibility index (Phi) is 3.29. The van der Waals surface area contributed by atoms with E-state index < -0.39 is 0 Å². The Balaban J connectivity index is 2.20. The van der Waals surface area contributed by atoms with E-state index in [1.807, 2.05) is 19.4 Å². The molecule has 2 heterocycles. The van der Waals surface area contributed by atoms with Crippen LogP contribution in [0.2, 0.25) is 0 Å². The lowest BCUT2D eigenvalue weighted by atomic mass is 10.0. The fourth-order valence-electron chi connectivity index (χ4n) is 1.74. The summed E-state index contributed by atoms with van der Waals surface area (Å²) in [5.74, 6) is 0.803. The van der Waals surface area contributed by atoms with E-state index in [0.29, 0.717) is 0 Å². The molecule has 2 rings (SSSR count). The van der Waals surface area contributed by atoms with Crippen LogP contribution in [0.4, 0.5) is 0 Å². The van der Waals surface area contributed by atoms with Gasteiger partial charge in [0.15, 0.2) is 0 Å². The van der Waals surface area contributed by atoms with Gasteiger partial charge in [-0.15, -0.1) is 0 Å². The van der Waals surface area contributed by atoms with Gasteiger partial charge in [0.2, 0.25) is 0 Å². The van der Waals surface area contributed by atoms with Crippen LogP contribution in [-0.4, -0.2) is 23.6 Å². The van der Waals surface area contributed by atoms with Gasteiger partial charge < -0.3 is 10.1 Å². The molecule has 80 valence electrons. The van der Waals surface area contributed by atoms with Gasteiger partial charge in [0.1, 0.15) is 5.82 Å². The van der Waals surface area contributed by atoms with E-state index in [2.05, 4.69) is 15.3 Å². The molecule has 1 atom stereocenters. The highest BCUT2D eigenvalue weighted by atomic mass is 16.5. The highest BCUT2D eigenvalue weighted by Gasteiger charge is 2.19. The normalized spacial score (nSPS) is 17.8. The smallest absolute Gasteiger partial charge is 0.149 e. The lowest BCUT2D eigenvalue weighted by Gasteiger charge is -2.21. The number of aromatic nitrogens is 2. The number of hydrogen-bond donors (Lipinski definition) is 1. The molecule has 0 radical (unpaired) electrons. The maximum atomic E-state index is 5.33. The van der Waals surface area contributed by atoms with Crippen molar-refractivity contribution in [1.29, 1.82) is 0 Å². The lowest BCUT2D eigenvalue weighted by Crippen LogP contribution is -2.22. The third-order valence-corrected chi connectivity index (χ3v) is 2.47. The number of ether oxygens (including phenoxy) is 1. The Morgan fingerprint density at radius 3 is 2.80 bits per heavy atom. The minimum Gasteiger partial charge on any atom is -0.501 e. The number of rotatable bonds is 3. The molecular weight excluding hydrogens is 190 g/mol. The number of hydrogen-bond acceptors (Lipinski definition) is 4. The largest absolute Gasteiger partial charge is 0.501 e. The van der Waals surface area contributed by atoms with Crippen LogP contribution in [0.15, 0.2) is 30.3 Å². The molecule has 1 N–H and O–H groups in total. The van der Waals surface area contributed by atoms with Crippen LogP contribution < -0.4 is 5.32 Å². The van der Waals surface area contributed by atoms with E-state index >= 15 is 0 Å². The van der Waals surface area contributed by atoms with Gasteiger partial charge in [-0.1, -0.05) is 0 Å². The zero-order valence-electron chi connectivity index (χ0n) is 8.81. The summed E-state index contributed by atoms with van der Waals surface area (Å²) >= 11 is 0. The van der Waals surface area contributed by atoms with Crippen LogP contribution in [0, 0.1) is 0 Å². The number of likely N-dealkylation sites (N-methyl/N-ethyl adjacent to an activating group) is 1. The molecule has 1 aliphatic heterocycles. The van der Waals surface area contributed by atoms with E-state index in [-0.39, 0.29) is 6.04 Å². The van der Waals surface area contributed by atoms with Crippen molar-refractivity contribution in [3.05, 3.63) is 36.1 Å². The SMILES string of the molecule is CNC(C1=COCCC1)c1ncccn1. The second-order valence-corrected chi connectivity index (χ2v) is 3.50. The predicted molar refractivity (Wildman–Crippen MR) is 57.1 cm³/mol. The van der Waals surface area contributed by atoms with Crippen molar-refractivity contribution in [2.75, 3.05) is 13.7 Å². The first-order valence-electron chi connectivity index (χ1n) is 5.16. The van der Waals surface area contributed by atoms with Crippen molar-refractivity contribution in [3.8, 4) is 0 Å². The fraction of sp³-hybridized carbons (Fsp3) is 0.455. The minimum atomic E-state index is 0.0755. The van der Waals surface area contributed by atoms with Gasteiger partial charge >= 0.3 is 0 Å². The van der Waals surface area contributed by atoms with Crippen LogP contribution in [0.5, 0.6) is 0 Å². The summed E-state index contributed by atoms with van der Waals surface area (Å²) < 4.78 is 5.33. The van der Waals surface area contributed by atoms with Gasteiger partial charge in [-0.3, -0.25) is 0 Å². The van der Waals surface area contributed by atoms with Crippen LogP contribution in [0.25, 0.3) is 0 Å². The summed E-state index contributed by atoms with van der Waals surface area (Å²) in [4.78, 5) is 8.51. The summed E-state index contributed by atoms with van der Waals surface area (Å²) in [5, 5.41) is 3.21. The molecule has 0 spiro atoms. The van der Waals surface area contributed by atoms with Crippen LogP contribution in [0.1, 0.15) is 24.7 Å². The van der Waals surface area contributed by atoms with Crippen molar-refractivity contribution in [3.63, 3.8) is 0 Å². The summed E-state index contributed by atoms with van der Waals surface area (Å²) in [7, 11) is 1.91. The van der Waals surface area contributed by atoms with E-state index in [1.54, 1.807) is 12.4 Å². The second-order valence-electron chi connectivity index (χ2n) is 3.50. The molecule has 0 aliphatic carbocycles. The quantitative estimate of drug-likeness (QED) is 0.811. The maximum Gasteiger partial charge on any atom is 0.149 e. The molecule has 4 heteroatoms. The first-order valence-corrected chi connectivity index (χ1v) is 5.16. The van der Waals surface area contributed by atoms with Gasteiger partial charge in [-0.05, 0) is 31.5 Å². The van der Waals surface area contributed by atoms with Crippen molar-refractivity contribution < 1.29 is 4.74 Å². The summed E-state index contributed by atoms with van der Waals surface area (Å²) in [5.41, 5.74) is 1.22. The van der Waals surface area contributed by atoms with Crippen molar-refractivity contribution in [2.24, 2.45) is 0 Å². The molecule has 0 bridgehead atoms. The van der Waals surface area contributed by atoms with Crippen molar-refractivity contribution in [1.82, 2.24) is 15.3 Å². The molecule has 4 nitrogen and oxygen atoms in total. The number of nitrogens with zero attached hydrogens (tertiary/aromatic N) is 2. The fourth-order valence-corrected chi connectivity index (χ4v) is 1.74. The molecule has 1 aromatic rings. The van der Waals surface area contributed by atoms with Crippen LogP contribution in [-0.2, 0) is 4.74 Å². The first-order chi connectivity index (χ1) is 7.42. The van der Waals surface area contributed by atoms with E-state index in [4.69, 9.17) is 4.74 Å². The number of nitrogens with one attached hydrogen (secondary N) is 1. The van der Waals surface area contributed by atoms with Gasteiger partial charge in [0, 0.05) is 12.4 Å². The Labute approximate surface area is 89.4 Å². The predicted octanol–water partition coefficient (Wildman–Crippen LogP) is 1.43. The van der Waals surface area contributed by atoms with Gasteiger partial charge in [0.25, 0.3) is 0 Å². The third kappa shape index (κ3) is 2.33. The lowest BCUT2D eigenvalue weighted by molar-refractivity contribution is 0.219. The van der Waals surface area contributed by atoms with Gasteiger partial charge in [-0.25, -0.2) is 9.97 Å². The zero-order chi connectivity index (χ0) is 10.5. The Morgan fingerprint density at radius 2 is 2.20 bits per heavy atom. The minimum absolute atomic E-state index is 0.0755. The molecule has 0 saturated heterocycles. The molecule has 0 fully saturated rings. The molecule has 1 unspecified atom stereocenters. The van der Waals surface area contributed by atoms with Gasteiger partial charge in [-0.2, -0.15) is 0 Å². The molecule has 0 aromatic carbocycles. The van der Waals surface area contributed by atoms with Crippen LogP contribution >= 0.6 is 0 Å². The third-order valence-electron chi connectivity index (χ3n) is 2.47. The van der Waals surface area contributed by atoms with Crippen molar-refractivity contribution >= 4 is 0 Å². The average Bonchev–Trinajstić information content (AvgIpc) is 2.33. The molecule has 0 amide bonds. The van der Waals surface area contributed by atoms with Crippen molar-refractivity contribution in [2.45, 2.75) is 18.9 Å². The van der Waals surface area contributed by atoms with E-state index in [0.717, 1.165) is 25.3 Å². The molecule has 0 saturated carbocycles. The summed E-state index contributed by atoms with van der Waals surface area (Å²) in [6, 6.07) is 1.90. The molecular formula is C11H15N3O. The van der Waals surface area contributed by atoms with Gasteiger partial charge in [0.05, 0.1) is 18.9 Å². The van der Waals surface area contributed by atoms with E-state index in [9.17, 15) is 0 Å². The Bertz CT molecular complexity index is 337. The topological polar surface area (TPSA) is 47.0 Å². The van der Waals surface area contributed by atoms with Crippen LogP contribution in [0.3, 0.4) is 0 Å². The highest BCUT2D eigenvalue weighted by Crippen LogP contribution is 2.24. The highest BCUT2D eigenvalue weighted by molar-refractivity contribution is 5.16. The Morgan fingerprint density at radius 1 is 1.40 bits per heavy atom. The summed E-state index contributed by atoms with van der Waals surface area (Å²) in [6.45, 7) is 0.815. The standard InChI is InChI=1S/C11H15N3O/c1-12-10(9-4-2-7-15-8-9)11-13-5-3-6-14-11/h3,5-6,8,10,12H,2,4,7H2,1H3. The average molecular weight is 205 g/mol. The van der Waals surface area contributed by atoms with E-state index in [1.165, 1.54) is 5.57 Å².